The van der Waals surface area contributed by atoms with Gasteiger partial charge >= 0.3 is 6.03 Å². The zero-order valence-corrected chi connectivity index (χ0v) is 16.1. The average Bonchev–Trinajstić information content (AvgIpc) is 3.46. The maximum atomic E-state index is 12.1. The monoisotopic (exact) mass is 425 g/mol. The Morgan fingerprint density at radius 2 is 2.07 bits per heavy atom. The highest BCUT2D eigenvalue weighted by Crippen LogP contribution is 2.33. The number of anilines is 2. The molecular formula is C17H12ClN9OS. The minimum atomic E-state index is -0.442. The molecule has 0 unspecified atom stereocenters. The molecule has 0 saturated carbocycles. The number of amides is 2. The van der Waals surface area contributed by atoms with Crippen LogP contribution in [0, 0.1) is 0 Å². The van der Waals surface area contributed by atoms with Crippen molar-refractivity contribution < 1.29 is 4.79 Å². The summed E-state index contributed by atoms with van der Waals surface area (Å²) >= 11 is 7.64. The molecule has 29 heavy (non-hydrogen) atoms. The first-order valence-corrected chi connectivity index (χ1v) is 9.59. The molecule has 0 aliphatic rings. The largest absolute Gasteiger partial charge is 0.326 e. The molecule has 12 heteroatoms. The predicted octanol–water partition coefficient (Wildman–Crippen LogP) is 3.89. The summed E-state index contributed by atoms with van der Waals surface area (Å²) in [6.07, 6.45) is 4.99. The Bertz CT molecular complexity index is 1300. The summed E-state index contributed by atoms with van der Waals surface area (Å²) in [5.41, 5.74) is 2.19. The van der Waals surface area contributed by atoms with Gasteiger partial charge in [-0.3, -0.25) is 25.4 Å². The number of fused-ring (bicyclic) bond motifs is 1. The molecule has 0 radical (unpaired) electrons. The van der Waals surface area contributed by atoms with Gasteiger partial charge in [-0.2, -0.15) is 10.2 Å². The number of thiazole rings is 1. The lowest BCUT2D eigenvalue weighted by Gasteiger charge is -2.06. The maximum Gasteiger partial charge on any atom is 0.326 e. The van der Waals surface area contributed by atoms with Crippen LogP contribution in [-0.2, 0) is 0 Å². The number of carbonyl (C=O) groups excluding carboxylic acids is 1. The zero-order chi connectivity index (χ0) is 19.8. The molecule has 0 fully saturated rings. The van der Waals surface area contributed by atoms with E-state index in [0.29, 0.717) is 27.4 Å². The third-order valence-corrected chi connectivity index (χ3v) is 5.37. The normalized spacial score (nSPS) is 11.1. The number of H-pyrrole nitrogens is 2. The second kappa shape index (κ2) is 7.04. The topological polar surface area (TPSA) is 129 Å². The summed E-state index contributed by atoms with van der Waals surface area (Å²) in [4.78, 5) is 20.7. The van der Waals surface area contributed by atoms with Crippen LogP contribution in [0.1, 0.15) is 0 Å². The van der Waals surface area contributed by atoms with Crippen molar-refractivity contribution in [1.29, 1.82) is 0 Å². The molecule has 4 N–H and O–H groups in total. The molecule has 0 bridgehead atoms. The predicted molar refractivity (Wildman–Crippen MR) is 111 cm³/mol. The van der Waals surface area contributed by atoms with E-state index in [4.69, 9.17) is 11.6 Å². The first-order chi connectivity index (χ1) is 14.2. The van der Waals surface area contributed by atoms with Gasteiger partial charge in [-0.15, -0.1) is 0 Å². The third kappa shape index (κ3) is 3.22. The molecule has 0 aliphatic carbocycles. The van der Waals surface area contributed by atoms with Crippen molar-refractivity contribution in [3.05, 3.63) is 54.1 Å². The van der Waals surface area contributed by atoms with Crippen LogP contribution in [0.2, 0.25) is 5.02 Å². The van der Waals surface area contributed by atoms with Gasteiger partial charge in [0.05, 0.1) is 11.9 Å². The number of hydrogen-bond acceptors (Lipinski definition) is 6. The van der Waals surface area contributed by atoms with E-state index in [0.717, 1.165) is 16.0 Å². The average molecular weight is 426 g/mol. The van der Waals surface area contributed by atoms with Gasteiger partial charge in [0.25, 0.3) is 0 Å². The lowest BCUT2D eigenvalue weighted by Crippen LogP contribution is -2.19. The minimum absolute atomic E-state index is 0.412. The highest BCUT2D eigenvalue weighted by Gasteiger charge is 2.18. The summed E-state index contributed by atoms with van der Waals surface area (Å²) in [7, 11) is 0. The number of halogens is 1. The van der Waals surface area contributed by atoms with E-state index in [9.17, 15) is 4.79 Å². The van der Waals surface area contributed by atoms with Gasteiger partial charge in [-0.25, -0.2) is 14.8 Å². The number of aromatic nitrogens is 7. The van der Waals surface area contributed by atoms with Crippen LogP contribution in [0.5, 0.6) is 0 Å². The molecule has 0 saturated heterocycles. The molecule has 5 aromatic rings. The summed E-state index contributed by atoms with van der Waals surface area (Å²) in [5.74, 6) is 1.03. The van der Waals surface area contributed by atoms with Gasteiger partial charge in [0.15, 0.2) is 22.4 Å². The molecule has 4 heterocycles. The molecule has 0 aliphatic heterocycles. The smallest absolute Gasteiger partial charge is 0.291 e. The van der Waals surface area contributed by atoms with Crippen LogP contribution in [0.25, 0.3) is 27.4 Å². The van der Waals surface area contributed by atoms with E-state index in [1.165, 1.54) is 11.3 Å². The maximum absolute atomic E-state index is 12.1. The number of nitrogens with zero attached hydrogens (tertiary/aromatic N) is 5. The van der Waals surface area contributed by atoms with Crippen LogP contribution in [-0.4, -0.2) is 41.0 Å². The first kappa shape index (κ1) is 17.4. The molecule has 1 aromatic carbocycles. The third-order valence-electron chi connectivity index (χ3n) is 4.08. The standard InChI is InChI=1S/C17H12ClN9OS/c18-10-4-2-1-3-9(10)11-7-19-8-27(11)15-13-14(25-26-15)22-17(29-13)23-16(28)21-12-5-6-20-24-12/h1-8H,(H4,20,21,22,23,24,25,26,28). The zero-order valence-electron chi connectivity index (χ0n) is 14.5. The second-order valence-electron chi connectivity index (χ2n) is 5.91. The van der Waals surface area contributed by atoms with E-state index >= 15 is 0 Å². The van der Waals surface area contributed by atoms with E-state index in [1.54, 1.807) is 24.8 Å². The van der Waals surface area contributed by atoms with Crippen LogP contribution in [0.3, 0.4) is 0 Å². The SMILES string of the molecule is O=C(Nc1cc[nH]n1)Nc1nc2[nH]nc(-n3cncc3-c3ccccc3Cl)c2s1. The van der Waals surface area contributed by atoms with Crippen molar-refractivity contribution in [1.82, 2.24) is 34.9 Å². The van der Waals surface area contributed by atoms with Crippen LogP contribution in [0.4, 0.5) is 15.7 Å². The lowest BCUT2D eigenvalue weighted by molar-refractivity contribution is 0.262. The molecule has 0 atom stereocenters. The number of aromatic amines is 2. The number of hydrogen-bond donors (Lipinski definition) is 4. The van der Waals surface area contributed by atoms with Gasteiger partial charge in [0.2, 0.25) is 0 Å². The van der Waals surface area contributed by atoms with Crippen molar-refractivity contribution in [3.8, 4) is 17.1 Å². The Balaban J connectivity index is 1.46. The van der Waals surface area contributed by atoms with E-state index in [2.05, 4.69) is 41.0 Å². The second-order valence-corrected chi connectivity index (χ2v) is 7.32. The Hall–Kier alpha value is -3.70. The first-order valence-electron chi connectivity index (χ1n) is 8.39. The Kier molecular flexibility index (Phi) is 4.22. The number of rotatable bonds is 4. The molecule has 144 valence electrons. The number of imidazole rings is 1. The fourth-order valence-corrected chi connectivity index (χ4v) is 3.96. The highest BCUT2D eigenvalue weighted by atomic mass is 35.5. The van der Waals surface area contributed by atoms with Crippen molar-refractivity contribution >= 4 is 50.3 Å². The van der Waals surface area contributed by atoms with Crippen LogP contribution >= 0.6 is 22.9 Å². The summed E-state index contributed by atoms with van der Waals surface area (Å²) in [5, 5.41) is 20.1. The molecule has 5 rings (SSSR count). The van der Waals surface area contributed by atoms with Gasteiger partial charge < -0.3 is 0 Å². The summed E-state index contributed by atoms with van der Waals surface area (Å²) in [6.45, 7) is 0. The molecule has 4 aromatic heterocycles. The van der Waals surface area contributed by atoms with Crippen molar-refractivity contribution in [2.24, 2.45) is 0 Å². The van der Waals surface area contributed by atoms with Gasteiger partial charge in [0, 0.05) is 22.8 Å². The van der Waals surface area contributed by atoms with Crippen molar-refractivity contribution in [2.45, 2.75) is 0 Å². The molecular weight excluding hydrogens is 414 g/mol. The number of nitrogens with one attached hydrogen (secondary N) is 4. The summed E-state index contributed by atoms with van der Waals surface area (Å²) < 4.78 is 2.59. The Morgan fingerprint density at radius 3 is 2.90 bits per heavy atom. The van der Waals surface area contributed by atoms with Gasteiger partial charge in [-0.05, 0) is 6.07 Å². The van der Waals surface area contributed by atoms with Crippen molar-refractivity contribution in [3.63, 3.8) is 0 Å². The van der Waals surface area contributed by atoms with Crippen LogP contribution < -0.4 is 10.6 Å². The minimum Gasteiger partial charge on any atom is -0.291 e. The van der Waals surface area contributed by atoms with E-state index in [1.807, 2.05) is 28.8 Å². The Morgan fingerprint density at radius 1 is 1.17 bits per heavy atom. The molecule has 0 spiro atoms. The highest BCUT2D eigenvalue weighted by molar-refractivity contribution is 7.22. The number of urea groups is 1. The summed E-state index contributed by atoms with van der Waals surface area (Å²) in [6, 6.07) is 8.71. The molecule has 10 nitrogen and oxygen atoms in total. The van der Waals surface area contributed by atoms with Crippen molar-refractivity contribution in [2.75, 3.05) is 10.6 Å². The van der Waals surface area contributed by atoms with E-state index in [-0.39, 0.29) is 0 Å². The fourth-order valence-electron chi connectivity index (χ4n) is 2.83. The quantitative estimate of drug-likeness (QED) is 0.347. The molecule has 2 amide bonds. The number of benzene rings is 1. The van der Waals surface area contributed by atoms with Gasteiger partial charge in [0.1, 0.15) is 11.0 Å². The number of carbonyl (C=O) groups is 1. The van der Waals surface area contributed by atoms with E-state index < -0.39 is 6.03 Å². The Labute approximate surface area is 172 Å². The van der Waals surface area contributed by atoms with Gasteiger partial charge in [-0.1, -0.05) is 41.1 Å². The van der Waals surface area contributed by atoms with Crippen LogP contribution in [0.15, 0.2) is 49.1 Å². The lowest BCUT2D eigenvalue weighted by atomic mass is 10.1. The fraction of sp³-hybridized carbons (Fsp3) is 0.